The van der Waals surface area contributed by atoms with Crippen molar-refractivity contribution in [2.75, 3.05) is 11.9 Å². The smallest absolute Gasteiger partial charge is 0.340 e. The van der Waals surface area contributed by atoms with E-state index in [1.54, 1.807) is 6.92 Å². The first-order chi connectivity index (χ1) is 10.6. The highest BCUT2D eigenvalue weighted by Crippen LogP contribution is 2.31. The van der Waals surface area contributed by atoms with Crippen molar-refractivity contribution in [2.24, 2.45) is 0 Å². The molecule has 2 N–H and O–H groups in total. The molecule has 0 unspecified atom stereocenters. The molecule has 0 saturated heterocycles. The monoisotopic (exact) mass is 299 g/mol. The molecule has 22 heavy (non-hydrogen) atoms. The van der Waals surface area contributed by atoms with Gasteiger partial charge in [0.15, 0.2) is 5.60 Å². The van der Waals surface area contributed by atoms with E-state index in [-0.39, 0.29) is 6.61 Å². The first kappa shape index (κ1) is 16.0. The summed E-state index contributed by atoms with van der Waals surface area (Å²) in [4.78, 5) is 12.2. The highest BCUT2D eigenvalue weighted by atomic mass is 16.5. The second-order valence-electron chi connectivity index (χ2n) is 5.22. The lowest BCUT2D eigenvalue weighted by Crippen LogP contribution is -2.46. The van der Waals surface area contributed by atoms with Crippen molar-refractivity contribution >= 4 is 11.7 Å². The van der Waals surface area contributed by atoms with Gasteiger partial charge in [-0.15, -0.1) is 0 Å². The van der Waals surface area contributed by atoms with Gasteiger partial charge < -0.3 is 15.2 Å². The molecule has 0 aliphatic heterocycles. The van der Waals surface area contributed by atoms with Crippen LogP contribution in [0.2, 0.25) is 0 Å². The molecule has 0 heterocycles. The molecule has 0 spiro atoms. The van der Waals surface area contributed by atoms with Crippen molar-refractivity contribution in [1.82, 2.24) is 0 Å². The van der Waals surface area contributed by atoms with Crippen LogP contribution in [-0.2, 0) is 9.53 Å². The largest absolute Gasteiger partial charge is 0.464 e. The lowest BCUT2D eigenvalue weighted by Gasteiger charge is -2.32. The molecular weight excluding hydrogens is 278 g/mol. The van der Waals surface area contributed by atoms with Crippen LogP contribution in [0.25, 0.3) is 0 Å². The van der Waals surface area contributed by atoms with Crippen LogP contribution in [0.15, 0.2) is 60.7 Å². The lowest BCUT2D eigenvalue weighted by atomic mass is 9.89. The number of esters is 1. The number of anilines is 1. The summed E-state index contributed by atoms with van der Waals surface area (Å²) in [7, 11) is 0. The van der Waals surface area contributed by atoms with E-state index in [9.17, 15) is 9.90 Å². The molecular formula is C18H21NO3. The van der Waals surface area contributed by atoms with Crippen molar-refractivity contribution in [2.45, 2.75) is 25.5 Å². The van der Waals surface area contributed by atoms with Crippen LogP contribution < -0.4 is 5.32 Å². The Bertz CT molecular complexity index is 596. The van der Waals surface area contributed by atoms with Crippen LogP contribution in [0.5, 0.6) is 0 Å². The van der Waals surface area contributed by atoms with E-state index >= 15 is 0 Å². The number of rotatable bonds is 6. The topological polar surface area (TPSA) is 58.6 Å². The molecule has 2 rings (SSSR count). The van der Waals surface area contributed by atoms with Gasteiger partial charge in [-0.2, -0.15) is 0 Å². The summed E-state index contributed by atoms with van der Waals surface area (Å²) in [5.41, 5.74) is -0.0574. The number of benzene rings is 2. The zero-order chi connectivity index (χ0) is 16.0. The molecule has 0 aliphatic carbocycles. The predicted molar refractivity (Wildman–Crippen MR) is 86.5 cm³/mol. The van der Waals surface area contributed by atoms with Gasteiger partial charge in [-0.25, -0.2) is 4.79 Å². The van der Waals surface area contributed by atoms with Gasteiger partial charge in [0, 0.05) is 5.69 Å². The van der Waals surface area contributed by atoms with Gasteiger partial charge in [0.25, 0.3) is 0 Å². The zero-order valence-corrected chi connectivity index (χ0v) is 12.8. The lowest BCUT2D eigenvalue weighted by molar-refractivity contribution is -0.164. The Labute approximate surface area is 130 Å². The summed E-state index contributed by atoms with van der Waals surface area (Å²) in [6.45, 7) is 3.41. The Morgan fingerprint density at radius 1 is 1.14 bits per heavy atom. The summed E-state index contributed by atoms with van der Waals surface area (Å²) in [6, 6.07) is 18.2. The van der Waals surface area contributed by atoms with E-state index in [0.717, 1.165) is 11.3 Å². The van der Waals surface area contributed by atoms with E-state index in [1.807, 2.05) is 60.7 Å². The number of para-hydroxylation sites is 1. The summed E-state index contributed by atoms with van der Waals surface area (Å²) in [5, 5.41) is 14.0. The predicted octanol–water partition coefficient (Wildman–Crippen LogP) is 3.15. The highest BCUT2D eigenvalue weighted by molar-refractivity contribution is 5.81. The van der Waals surface area contributed by atoms with Crippen molar-refractivity contribution in [3.63, 3.8) is 0 Å². The van der Waals surface area contributed by atoms with Crippen LogP contribution in [0.1, 0.15) is 25.5 Å². The Morgan fingerprint density at radius 2 is 1.68 bits per heavy atom. The number of nitrogens with one attached hydrogen (secondary N) is 1. The Hall–Kier alpha value is -2.33. The number of carbonyl (C=O) groups is 1. The van der Waals surface area contributed by atoms with Gasteiger partial charge >= 0.3 is 5.97 Å². The number of aliphatic hydroxyl groups is 1. The minimum absolute atomic E-state index is 0.224. The Kier molecular flexibility index (Phi) is 5.17. The standard InChI is InChI=1S/C18H21NO3/c1-3-22-17(20)18(2,21)16(14-10-6-4-7-11-14)19-15-12-8-5-9-13-15/h4-13,16,19,21H,3H2,1-2H3/t16-,18-/m0/s1. The minimum atomic E-state index is -1.69. The van der Waals surface area contributed by atoms with E-state index in [0.29, 0.717) is 0 Å². The van der Waals surface area contributed by atoms with E-state index < -0.39 is 17.6 Å². The molecule has 0 amide bonds. The van der Waals surface area contributed by atoms with Crippen molar-refractivity contribution in [3.05, 3.63) is 66.2 Å². The third-order valence-corrected chi connectivity index (χ3v) is 3.47. The van der Waals surface area contributed by atoms with Gasteiger partial charge in [-0.1, -0.05) is 48.5 Å². The number of hydrogen-bond acceptors (Lipinski definition) is 4. The van der Waals surface area contributed by atoms with Crippen LogP contribution in [0.3, 0.4) is 0 Å². The molecule has 116 valence electrons. The summed E-state index contributed by atoms with van der Waals surface area (Å²) < 4.78 is 5.02. The van der Waals surface area contributed by atoms with Gasteiger partial charge in [0.1, 0.15) is 0 Å². The quantitative estimate of drug-likeness (QED) is 0.805. The van der Waals surface area contributed by atoms with Gasteiger partial charge in [0.2, 0.25) is 0 Å². The van der Waals surface area contributed by atoms with Crippen LogP contribution in [0, 0.1) is 0 Å². The molecule has 2 aromatic rings. The van der Waals surface area contributed by atoms with Gasteiger partial charge in [-0.3, -0.25) is 0 Å². The molecule has 0 aromatic heterocycles. The fraction of sp³-hybridized carbons (Fsp3) is 0.278. The Morgan fingerprint density at radius 3 is 2.23 bits per heavy atom. The maximum atomic E-state index is 12.2. The fourth-order valence-electron chi connectivity index (χ4n) is 2.29. The Balaban J connectivity index is 2.35. The van der Waals surface area contributed by atoms with Crippen LogP contribution in [-0.4, -0.2) is 23.3 Å². The van der Waals surface area contributed by atoms with Gasteiger partial charge in [-0.05, 0) is 31.5 Å². The summed E-state index contributed by atoms with van der Waals surface area (Å²) in [6.07, 6.45) is 0. The second kappa shape index (κ2) is 7.09. The zero-order valence-electron chi connectivity index (χ0n) is 12.8. The molecule has 0 saturated carbocycles. The molecule has 4 heteroatoms. The normalized spacial score (nSPS) is 14.7. The summed E-state index contributed by atoms with van der Waals surface area (Å²) >= 11 is 0. The number of carbonyl (C=O) groups excluding carboxylic acids is 1. The molecule has 0 aliphatic rings. The summed E-state index contributed by atoms with van der Waals surface area (Å²) in [5.74, 6) is -0.646. The molecule has 2 atom stereocenters. The molecule has 4 nitrogen and oxygen atoms in total. The number of ether oxygens (including phenoxy) is 1. The fourth-order valence-corrected chi connectivity index (χ4v) is 2.29. The molecule has 2 aromatic carbocycles. The first-order valence-corrected chi connectivity index (χ1v) is 7.32. The minimum Gasteiger partial charge on any atom is -0.464 e. The first-order valence-electron chi connectivity index (χ1n) is 7.32. The average Bonchev–Trinajstić information content (AvgIpc) is 2.54. The molecule has 0 radical (unpaired) electrons. The van der Waals surface area contributed by atoms with Crippen LogP contribution in [0.4, 0.5) is 5.69 Å². The second-order valence-corrected chi connectivity index (χ2v) is 5.22. The van der Waals surface area contributed by atoms with E-state index in [2.05, 4.69) is 5.32 Å². The van der Waals surface area contributed by atoms with Crippen molar-refractivity contribution in [3.8, 4) is 0 Å². The van der Waals surface area contributed by atoms with Gasteiger partial charge in [0.05, 0.1) is 12.6 Å². The third-order valence-electron chi connectivity index (χ3n) is 3.47. The highest BCUT2D eigenvalue weighted by Gasteiger charge is 2.41. The van der Waals surface area contributed by atoms with E-state index in [4.69, 9.17) is 4.74 Å². The van der Waals surface area contributed by atoms with Crippen molar-refractivity contribution < 1.29 is 14.6 Å². The SMILES string of the molecule is CCOC(=O)[C@@](C)(O)[C@@H](Nc1ccccc1)c1ccccc1. The maximum absolute atomic E-state index is 12.2. The van der Waals surface area contributed by atoms with E-state index in [1.165, 1.54) is 6.92 Å². The molecule has 0 bridgehead atoms. The number of hydrogen-bond donors (Lipinski definition) is 2. The van der Waals surface area contributed by atoms with Crippen molar-refractivity contribution in [1.29, 1.82) is 0 Å². The average molecular weight is 299 g/mol. The van der Waals surface area contributed by atoms with Crippen LogP contribution >= 0.6 is 0 Å². The third kappa shape index (κ3) is 3.65. The maximum Gasteiger partial charge on any atom is 0.340 e. The molecule has 0 fully saturated rings.